The molecule has 2 heterocycles. The lowest BCUT2D eigenvalue weighted by molar-refractivity contribution is -0.149. The molecule has 0 saturated carbocycles. The van der Waals surface area contributed by atoms with Crippen LogP contribution in [0, 0.1) is 11.3 Å². The van der Waals surface area contributed by atoms with Crippen molar-refractivity contribution in [1.82, 2.24) is 14.6 Å². The van der Waals surface area contributed by atoms with E-state index in [1.54, 1.807) is 34.6 Å². The Morgan fingerprint density at radius 1 is 1.19 bits per heavy atom. The number of hydrogen-bond acceptors (Lipinski definition) is 13. The van der Waals surface area contributed by atoms with E-state index in [2.05, 4.69) is 10.1 Å². The zero-order chi connectivity index (χ0) is 31.8. The maximum atomic E-state index is 13.8. The summed E-state index contributed by atoms with van der Waals surface area (Å²) in [5.74, 6) is -1.84. The SMILES string of the molecule is CC(=O)OCC1C(COP(=O)(NC(C)C(=O)OC(C)C)OCCSC(=O)C(C)(C)C)OC(n2ccc(=O)[nH]c2=O)C1N. The number of hydrogen-bond donors (Lipinski definition) is 3. The van der Waals surface area contributed by atoms with Crippen LogP contribution in [0.4, 0.5) is 0 Å². The third kappa shape index (κ3) is 10.7. The molecule has 42 heavy (non-hydrogen) atoms. The Morgan fingerprint density at radius 2 is 1.86 bits per heavy atom. The van der Waals surface area contributed by atoms with Crippen LogP contribution in [0.5, 0.6) is 0 Å². The highest BCUT2D eigenvalue weighted by Gasteiger charge is 2.46. The molecule has 0 radical (unpaired) electrons. The Balaban J connectivity index is 2.24. The third-order valence-corrected chi connectivity index (χ3v) is 8.84. The van der Waals surface area contributed by atoms with Crippen LogP contribution < -0.4 is 22.1 Å². The van der Waals surface area contributed by atoms with Gasteiger partial charge in [0.05, 0.1) is 38.1 Å². The molecule has 1 aromatic rings. The van der Waals surface area contributed by atoms with E-state index >= 15 is 0 Å². The number of nitrogens with two attached hydrogens (primary N) is 1. The average molecular weight is 637 g/mol. The molecule has 17 heteroatoms. The number of esters is 2. The normalized spacial score (nSPS) is 22.9. The molecule has 4 N–H and O–H groups in total. The molecule has 1 aliphatic heterocycles. The topological polar surface area (TPSA) is 207 Å². The predicted octanol–water partition coefficient (Wildman–Crippen LogP) is 1.32. The maximum absolute atomic E-state index is 13.8. The van der Waals surface area contributed by atoms with E-state index in [0.29, 0.717) is 0 Å². The summed E-state index contributed by atoms with van der Waals surface area (Å²) in [4.78, 5) is 62.2. The molecule has 1 saturated heterocycles. The van der Waals surface area contributed by atoms with Crippen molar-refractivity contribution in [3.05, 3.63) is 33.1 Å². The molecule has 1 aromatic heterocycles. The molecule has 0 amide bonds. The molecule has 0 spiro atoms. The van der Waals surface area contributed by atoms with Crippen LogP contribution >= 0.6 is 19.5 Å². The van der Waals surface area contributed by atoms with Gasteiger partial charge in [-0.15, -0.1) is 0 Å². The first-order valence-electron chi connectivity index (χ1n) is 13.3. The molecule has 2 rings (SSSR count). The molecule has 6 atom stereocenters. The van der Waals surface area contributed by atoms with Crippen LogP contribution in [0.3, 0.4) is 0 Å². The second kappa shape index (κ2) is 15.4. The van der Waals surface area contributed by atoms with Gasteiger partial charge in [0, 0.05) is 36.3 Å². The lowest BCUT2D eigenvalue weighted by atomic mass is 9.97. The summed E-state index contributed by atoms with van der Waals surface area (Å²) in [7, 11) is -4.24. The number of aromatic amines is 1. The van der Waals surface area contributed by atoms with E-state index in [4.69, 9.17) is 29.0 Å². The fourth-order valence-corrected chi connectivity index (χ4v) is 6.11. The Morgan fingerprint density at radius 3 is 2.43 bits per heavy atom. The number of H-pyrrole nitrogens is 1. The van der Waals surface area contributed by atoms with Gasteiger partial charge in [0.1, 0.15) is 6.04 Å². The maximum Gasteiger partial charge on any atom is 0.406 e. The van der Waals surface area contributed by atoms with Crippen molar-refractivity contribution in [3.63, 3.8) is 0 Å². The summed E-state index contributed by atoms with van der Waals surface area (Å²) < 4.78 is 42.4. The lowest BCUT2D eigenvalue weighted by Gasteiger charge is -2.26. The minimum absolute atomic E-state index is 0.0890. The lowest BCUT2D eigenvalue weighted by Crippen LogP contribution is -2.42. The number of rotatable bonds is 14. The van der Waals surface area contributed by atoms with Gasteiger partial charge in [-0.3, -0.25) is 37.8 Å². The fourth-order valence-electron chi connectivity index (χ4n) is 3.72. The second-order valence-electron chi connectivity index (χ2n) is 11.0. The summed E-state index contributed by atoms with van der Waals surface area (Å²) in [6.45, 7) is 10.5. The summed E-state index contributed by atoms with van der Waals surface area (Å²) in [5.41, 5.74) is 4.40. The van der Waals surface area contributed by atoms with E-state index in [1.165, 1.54) is 20.0 Å². The molecule has 15 nitrogen and oxygen atoms in total. The Labute approximate surface area is 248 Å². The largest absolute Gasteiger partial charge is 0.465 e. The van der Waals surface area contributed by atoms with Crippen LogP contribution in [-0.4, -0.2) is 76.5 Å². The molecule has 0 aromatic carbocycles. The van der Waals surface area contributed by atoms with Crippen molar-refractivity contribution in [2.24, 2.45) is 17.1 Å². The van der Waals surface area contributed by atoms with Gasteiger partial charge in [-0.2, -0.15) is 0 Å². The van der Waals surface area contributed by atoms with Crippen LogP contribution in [0.25, 0.3) is 0 Å². The summed E-state index contributed by atoms with van der Waals surface area (Å²) in [6.07, 6.45) is -1.26. The van der Waals surface area contributed by atoms with Crippen molar-refractivity contribution < 1.29 is 42.2 Å². The summed E-state index contributed by atoms with van der Waals surface area (Å²) in [5, 5.41) is 2.46. The summed E-state index contributed by atoms with van der Waals surface area (Å²) >= 11 is 1.00. The van der Waals surface area contributed by atoms with Crippen molar-refractivity contribution >= 4 is 36.6 Å². The standard InChI is InChI=1S/C25H41N4O11PS/c1-14(2)39-22(32)15(3)28-41(35,37-10-11-42-23(33)25(5,6)7)38-13-18-17(12-36-16(4)30)20(26)21(40-18)29-9-8-19(31)27-24(29)34/h8-9,14-15,17-18,20-21H,10-13,26H2,1-7H3,(H,28,35)(H,27,31,34). The highest BCUT2D eigenvalue weighted by atomic mass is 32.2. The van der Waals surface area contributed by atoms with E-state index in [0.717, 1.165) is 22.4 Å². The van der Waals surface area contributed by atoms with Gasteiger partial charge in [-0.1, -0.05) is 32.5 Å². The number of nitrogens with zero attached hydrogens (tertiary/aromatic N) is 1. The predicted molar refractivity (Wildman–Crippen MR) is 154 cm³/mol. The summed E-state index contributed by atoms with van der Waals surface area (Å²) in [6, 6.07) is -0.887. The molecular weight excluding hydrogens is 595 g/mol. The highest BCUT2D eigenvalue weighted by Crippen LogP contribution is 2.46. The van der Waals surface area contributed by atoms with E-state index in [9.17, 15) is 28.5 Å². The molecule has 238 valence electrons. The van der Waals surface area contributed by atoms with Gasteiger partial charge < -0.3 is 19.9 Å². The molecule has 1 fully saturated rings. The number of nitrogens with one attached hydrogen (secondary N) is 2. The van der Waals surface area contributed by atoms with Crippen molar-refractivity contribution in [2.45, 2.75) is 79.0 Å². The molecule has 6 unspecified atom stereocenters. The van der Waals surface area contributed by atoms with Gasteiger partial charge >= 0.3 is 25.4 Å². The Bertz CT molecular complexity index is 1260. The van der Waals surface area contributed by atoms with E-state index in [1.807, 2.05) is 0 Å². The van der Waals surface area contributed by atoms with Crippen LogP contribution in [-0.2, 0) is 42.2 Å². The van der Waals surface area contributed by atoms with Crippen LogP contribution in [0.2, 0.25) is 0 Å². The van der Waals surface area contributed by atoms with Gasteiger partial charge in [-0.05, 0) is 20.8 Å². The monoisotopic (exact) mass is 636 g/mol. The van der Waals surface area contributed by atoms with Crippen molar-refractivity contribution in [1.29, 1.82) is 0 Å². The zero-order valence-corrected chi connectivity index (χ0v) is 26.5. The fraction of sp³-hybridized carbons (Fsp3) is 0.720. The third-order valence-electron chi connectivity index (χ3n) is 5.88. The number of carbonyl (C=O) groups is 3. The molecule has 1 aliphatic rings. The van der Waals surface area contributed by atoms with E-state index in [-0.39, 0.29) is 24.1 Å². The second-order valence-corrected chi connectivity index (χ2v) is 13.8. The smallest absolute Gasteiger partial charge is 0.406 e. The minimum atomic E-state index is -4.24. The molecule has 0 bridgehead atoms. The molecular formula is C25H41N4O11PS. The minimum Gasteiger partial charge on any atom is -0.465 e. The number of aromatic nitrogens is 2. The molecule has 0 aliphatic carbocycles. The first-order valence-corrected chi connectivity index (χ1v) is 15.9. The first-order chi connectivity index (χ1) is 19.4. The zero-order valence-electron chi connectivity index (χ0n) is 24.8. The van der Waals surface area contributed by atoms with E-state index < -0.39 is 79.4 Å². The van der Waals surface area contributed by atoms with Crippen molar-refractivity contribution in [3.8, 4) is 0 Å². The quantitative estimate of drug-likeness (QED) is 0.150. The van der Waals surface area contributed by atoms with Crippen LogP contribution in [0.15, 0.2) is 21.9 Å². The first kappa shape index (κ1) is 35.9. The van der Waals surface area contributed by atoms with Gasteiger partial charge in [-0.25, -0.2) is 14.4 Å². The van der Waals surface area contributed by atoms with Gasteiger partial charge in [0.25, 0.3) is 5.56 Å². The van der Waals surface area contributed by atoms with Gasteiger partial charge in [0.15, 0.2) is 11.3 Å². The van der Waals surface area contributed by atoms with Crippen molar-refractivity contribution in [2.75, 3.05) is 25.6 Å². The highest BCUT2D eigenvalue weighted by molar-refractivity contribution is 8.13. The van der Waals surface area contributed by atoms with Gasteiger partial charge in [0.2, 0.25) is 0 Å². The number of ether oxygens (including phenoxy) is 3. The number of thioether (sulfide) groups is 1. The Hall–Kier alpha value is -2.33. The van der Waals surface area contributed by atoms with Crippen LogP contribution in [0.1, 0.15) is 54.7 Å². The average Bonchev–Trinajstić information content (AvgIpc) is 3.17. The number of carbonyl (C=O) groups excluding carboxylic acids is 3. The Kier molecular flexibility index (Phi) is 13.2.